The number of hydrogen-bond acceptors (Lipinski definition) is 5. The zero-order valence-electron chi connectivity index (χ0n) is 16.2. The van der Waals surface area contributed by atoms with Gasteiger partial charge in [0.05, 0.1) is 14.2 Å². The first-order chi connectivity index (χ1) is 13.6. The lowest BCUT2D eigenvalue weighted by Gasteiger charge is -2.30. The number of likely N-dealkylation sites (tertiary alicyclic amines) is 1. The van der Waals surface area contributed by atoms with Crippen molar-refractivity contribution in [2.75, 3.05) is 27.3 Å². The second-order valence-electron chi connectivity index (χ2n) is 6.65. The normalized spacial score (nSPS) is 14.9. The number of carbonyl (C=O) groups is 2. The SMILES string of the molecule is COc1ccc(C(=O)O[C@H](C(=O)N2CCCCC2)c2ccccc2)c(OC)c1. The van der Waals surface area contributed by atoms with Crippen LogP contribution < -0.4 is 9.47 Å². The molecule has 3 rings (SSSR count). The summed E-state index contributed by atoms with van der Waals surface area (Å²) in [5, 5.41) is 0. The molecule has 0 N–H and O–H groups in total. The summed E-state index contributed by atoms with van der Waals surface area (Å²) >= 11 is 0. The number of rotatable bonds is 6. The van der Waals surface area contributed by atoms with E-state index in [2.05, 4.69) is 0 Å². The van der Waals surface area contributed by atoms with Gasteiger partial charge in [-0.05, 0) is 31.4 Å². The maximum absolute atomic E-state index is 13.1. The van der Waals surface area contributed by atoms with Crippen molar-refractivity contribution in [2.24, 2.45) is 0 Å². The molecule has 6 heteroatoms. The molecule has 1 aliphatic heterocycles. The molecule has 0 bridgehead atoms. The first-order valence-corrected chi connectivity index (χ1v) is 9.40. The molecule has 0 spiro atoms. The highest BCUT2D eigenvalue weighted by Crippen LogP contribution is 2.29. The maximum atomic E-state index is 13.1. The summed E-state index contributed by atoms with van der Waals surface area (Å²) in [4.78, 5) is 27.8. The van der Waals surface area contributed by atoms with Crippen LogP contribution in [0.1, 0.15) is 41.3 Å². The predicted molar refractivity (Wildman–Crippen MR) is 105 cm³/mol. The summed E-state index contributed by atoms with van der Waals surface area (Å²) < 4.78 is 16.2. The van der Waals surface area contributed by atoms with E-state index >= 15 is 0 Å². The number of esters is 1. The van der Waals surface area contributed by atoms with Crippen LogP contribution in [0.5, 0.6) is 11.5 Å². The molecule has 1 atom stereocenters. The van der Waals surface area contributed by atoms with Gasteiger partial charge >= 0.3 is 5.97 Å². The number of amides is 1. The molecule has 0 unspecified atom stereocenters. The molecule has 1 saturated heterocycles. The van der Waals surface area contributed by atoms with Gasteiger partial charge in [0.15, 0.2) is 0 Å². The van der Waals surface area contributed by atoms with Crippen LogP contribution in [0.2, 0.25) is 0 Å². The highest BCUT2D eigenvalue weighted by Gasteiger charge is 2.31. The summed E-state index contributed by atoms with van der Waals surface area (Å²) in [6.45, 7) is 1.37. The van der Waals surface area contributed by atoms with E-state index < -0.39 is 12.1 Å². The standard InChI is InChI=1S/C22H25NO5/c1-26-17-11-12-18(19(15-17)27-2)22(25)28-20(16-9-5-3-6-10-16)21(24)23-13-7-4-8-14-23/h3,5-6,9-12,15,20H,4,7-8,13-14H2,1-2H3/t20-/m0/s1. The lowest BCUT2D eigenvalue weighted by Crippen LogP contribution is -2.40. The zero-order chi connectivity index (χ0) is 19.9. The van der Waals surface area contributed by atoms with Crippen LogP contribution in [0.3, 0.4) is 0 Å². The molecule has 1 fully saturated rings. The molecule has 148 valence electrons. The van der Waals surface area contributed by atoms with E-state index in [0.29, 0.717) is 30.2 Å². The lowest BCUT2D eigenvalue weighted by molar-refractivity contribution is -0.142. The zero-order valence-corrected chi connectivity index (χ0v) is 16.2. The van der Waals surface area contributed by atoms with Gasteiger partial charge in [-0.15, -0.1) is 0 Å². The Morgan fingerprint density at radius 1 is 0.929 bits per heavy atom. The third-order valence-corrected chi connectivity index (χ3v) is 4.85. The average molecular weight is 383 g/mol. The molecule has 0 aliphatic carbocycles. The fraction of sp³-hybridized carbons (Fsp3) is 0.364. The fourth-order valence-corrected chi connectivity index (χ4v) is 3.31. The van der Waals surface area contributed by atoms with Gasteiger partial charge in [0, 0.05) is 24.7 Å². The van der Waals surface area contributed by atoms with E-state index in [-0.39, 0.29) is 11.5 Å². The van der Waals surface area contributed by atoms with E-state index in [1.807, 2.05) is 18.2 Å². The van der Waals surface area contributed by atoms with E-state index in [1.54, 1.807) is 35.2 Å². The molecule has 0 radical (unpaired) electrons. The topological polar surface area (TPSA) is 65.1 Å². The van der Waals surface area contributed by atoms with Gasteiger partial charge in [-0.2, -0.15) is 0 Å². The fourth-order valence-electron chi connectivity index (χ4n) is 3.31. The summed E-state index contributed by atoms with van der Waals surface area (Å²) in [6, 6.07) is 14.0. The van der Waals surface area contributed by atoms with Gasteiger partial charge < -0.3 is 19.1 Å². The second-order valence-corrected chi connectivity index (χ2v) is 6.65. The quantitative estimate of drug-likeness (QED) is 0.713. The summed E-state index contributed by atoms with van der Waals surface area (Å²) in [5.41, 5.74) is 0.898. The second kappa shape index (κ2) is 9.26. The van der Waals surface area contributed by atoms with Crippen molar-refractivity contribution < 1.29 is 23.8 Å². The highest BCUT2D eigenvalue weighted by molar-refractivity contribution is 5.95. The first-order valence-electron chi connectivity index (χ1n) is 9.40. The summed E-state index contributed by atoms with van der Waals surface area (Å²) in [7, 11) is 3.01. The van der Waals surface area contributed by atoms with Crippen molar-refractivity contribution >= 4 is 11.9 Å². The van der Waals surface area contributed by atoms with Crippen molar-refractivity contribution in [3.8, 4) is 11.5 Å². The summed E-state index contributed by atoms with van der Waals surface area (Å²) in [6.07, 6.45) is 2.06. The number of piperidine rings is 1. The number of nitrogens with zero attached hydrogens (tertiary/aromatic N) is 1. The molecular formula is C22H25NO5. The van der Waals surface area contributed by atoms with E-state index in [1.165, 1.54) is 14.2 Å². The molecule has 2 aromatic rings. The van der Waals surface area contributed by atoms with Gasteiger partial charge in [-0.1, -0.05) is 30.3 Å². The smallest absolute Gasteiger partial charge is 0.343 e. The van der Waals surface area contributed by atoms with Crippen LogP contribution in [0.4, 0.5) is 0 Å². The number of benzene rings is 2. The van der Waals surface area contributed by atoms with Crippen LogP contribution in [-0.4, -0.2) is 44.1 Å². The van der Waals surface area contributed by atoms with Gasteiger partial charge in [0.25, 0.3) is 5.91 Å². The van der Waals surface area contributed by atoms with Crippen LogP contribution in [0.15, 0.2) is 48.5 Å². The van der Waals surface area contributed by atoms with Gasteiger partial charge in [0.1, 0.15) is 17.1 Å². The Balaban J connectivity index is 1.87. The number of methoxy groups -OCH3 is 2. The monoisotopic (exact) mass is 383 g/mol. The van der Waals surface area contributed by atoms with Crippen LogP contribution in [-0.2, 0) is 9.53 Å². The molecule has 0 saturated carbocycles. The van der Waals surface area contributed by atoms with Crippen molar-refractivity contribution in [2.45, 2.75) is 25.4 Å². The third-order valence-electron chi connectivity index (χ3n) is 4.85. The summed E-state index contributed by atoms with van der Waals surface area (Å²) in [5.74, 6) is 0.101. The Labute approximate surface area is 165 Å². The Hall–Kier alpha value is -3.02. The Bertz CT molecular complexity index is 815. The van der Waals surface area contributed by atoms with E-state index in [4.69, 9.17) is 14.2 Å². The number of hydrogen-bond donors (Lipinski definition) is 0. The minimum atomic E-state index is -0.987. The number of ether oxygens (including phenoxy) is 3. The van der Waals surface area contributed by atoms with Gasteiger partial charge in [-0.25, -0.2) is 4.79 Å². The van der Waals surface area contributed by atoms with Crippen molar-refractivity contribution in [3.63, 3.8) is 0 Å². The Morgan fingerprint density at radius 3 is 2.29 bits per heavy atom. The predicted octanol–water partition coefficient (Wildman–Crippen LogP) is 3.61. The molecular weight excluding hydrogens is 358 g/mol. The molecule has 28 heavy (non-hydrogen) atoms. The molecule has 1 heterocycles. The molecule has 6 nitrogen and oxygen atoms in total. The average Bonchev–Trinajstić information content (AvgIpc) is 2.77. The van der Waals surface area contributed by atoms with Gasteiger partial charge in [-0.3, -0.25) is 4.79 Å². The first kappa shape index (κ1) is 19.7. The minimum Gasteiger partial charge on any atom is -0.497 e. The van der Waals surface area contributed by atoms with E-state index in [0.717, 1.165) is 19.3 Å². The highest BCUT2D eigenvalue weighted by atomic mass is 16.6. The lowest BCUT2D eigenvalue weighted by atomic mass is 10.1. The molecule has 0 aromatic heterocycles. The van der Waals surface area contributed by atoms with Gasteiger partial charge in [0.2, 0.25) is 6.10 Å². The van der Waals surface area contributed by atoms with Crippen LogP contribution in [0.25, 0.3) is 0 Å². The Kier molecular flexibility index (Phi) is 6.53. The van der Waals surface area contributed by atoms with Crippen molar-refractivity contribution in [3.05, 3.63) is 59.7 Å². The van der Waals surface area contributed by atoms with E-state index in [9.17, 15) is 9.59 Å². The van der Waals surface area contributed by atoms with Crippen LogP contribution in [0, 0.1) is 0 Å². The van der Waals surface area contributed by atoms with Crippen molar-refractivity contribution in [1.82, 2.24) is 4.90 Å². The van der Waals surface area contributed by atoms with Crippen molar-refractivity contribution in [1.29, 1.82) is 0 Å². The third kappa shape index (κ3) is 4.44. The minimum absolute atomic E-state index is 0.188. The largest absolute Gasteiger partial charge is 0.497 e. The maximum Gasteiger partial charge on any atom is 0.343 e. The molecule has 2 aromatic carbocycles. The van der Waals surface area contributed by atoms with Crippen LogP contribution >= 0.6 is 0 Å². The molecule has 1 amide bonds. The number of carbonyl (C=O) groups excluding carboxylic acids is 2. The molecule has 1 aliphatic rings. The Morgan fingerprint density at radius 2 is 1.64 bits per heavy atom.